The molecule has 2 fully saturated rings. The second-order valence-electron chi connectivity index (χ2n) is 6.80. The summed E-state index contributed by atoms with van der Waals surface area (Å²) in [6.07, 6.45) is 9.53. The van der Waals surface area contributed by atoms with E-state index < -0.39 is 17.2 Å². The monoisotopic (exact) mass is 294 g/mol. The summed E-state index contributed by atoms with van der Waals surface area (Å²) in [5.41, 5.74) is -0.808. The average molecular weight is 294 g/mol. The van der Waals surface area contributed by atoms with Crippen molar-refractivity contribution >= 4 is 0 Å². The van der Waals surface area contributed by atoms with Crippen molar-refractivity contribution in [1.29, 1.82) is 0 Å². The first-order chi connectivity index (χ1) is 10.1. The van der Waals surface area contributed by atoms with Gasteiger partial charge in [0.1, 0.15) is 11.6 Å². The smallest absolute Gasteiger partial charge is 0.132 e. The Kier molecular flexibility index (Phi) is 4.30. The first-order valence-electron chi connectivity index (χ1n) is 8.29. The fraction of sp³-hybridized carbons (Fsp3) is 0.667. The highest BCUT2D eigenvalue weighted by Crippen LogP contribution is 2.49. The maximum Gasteiger partial charge on any atom is 0.132 e. The van der Waals surface area contributed by atoms with Crippen molar-refractivity contribution in [3.05, 3.63) is 35.4 Å². The van der Waals surface area contributed by atoms with Crippen molar-refractivity contribution in [3.8, 4) is 0 Å². The van der Waals surface area contributed by atoms with Crippen molar-refractivity contribution in [2.24, 2.45) is 11.8 Å². The molecule has 1 N–H and O–H groups in total. The maximum absolute atomic E-state index is 14.2. The van der Waals surface area contributed by atoms with E-state index in [1.54, 1.807) is 0 Å². The van der Waals surface area contributed by atoms with E-state index in [1.807, 2.05) is 0 Å². The summed E-state index contributed by atoms with van der Waals surface area (Å²) in [6, 6.07) is 3.62. The highest BCUT2D eigenvalue weighted by Gasteiger charge is 2.45. The van der Waals surface area contributed by atoms with Crippen LogP contribution in [0, 0.1) is 23.5 Å². The zero-order chi connectivity index (χ0) is 14.9. The molecule has 2 aliphatic carbocycles. The van der Waals surface area contributed by atoms with Gasteiger partial charge in [0.2, 0.25) is 0 Å². The SMILES string of the molecule is OC1(c2ccc(F)cc2F)CCCCC1C1CCCCC1. The summed E-state index contributed by atoms with van der Waals surface area (Å²) in [4.78, 5) is 0. The molecule has 1 nitrogen and oxygen atoms in total. The second kappa shape index (κ2) is 6.04. The van der Waals surface area contributed by atoms with Gasteiger partial charge in [0.25, 0.3) is 0 Å². The molecule has 116 valence electrons. The van der Waals surface area contributed by atoms with Gasteiger partial charge >= 0.3 is 0 Å². The lowest BCUT2D eigenvalue weighted by molar-refractivity contribution is -0.0857. The summed E-state index contributed by atoms with van der Waals surface area (Å²) in [7, 11) is 0. The Bertz CT molecular complexity index is 496. The molecule has 3 heteroatoms. The maximum atomic E-state index is 14.2. The molecular weight excluding hydrogens is 270 g/mol. The molecule has 0 saturated heterocycles. The van der Waals surface area contributed by atoms with E-state index in [1.165, 1.54) is 31.4 Å². The van der Waals surface area contributed by atoms with Crippen LogP contribution in [-0.4, -0.2) is 5.11 Å². The Balaban J connectivity index is 1.94. The van der Waals surface area contributed by atoms with Crippen molar-refractivity contribution in [2.45, 2.75) is 63.4 Å². The number of hydrogen-bond donors (Lipinski definition) is 1. The van der Waals surface area contributed by atoms with E-state index in [0.717, 1.165) is 38.2 Å². The minimum atomic E-state index is -1.11. The van der Waals surface area contributed by atoms with Crippen LogP contribution in [0.3, 0.4) is 0 Å². The van der Waals surface area contributed by atoms with Crippen LogP contribution in [0.4, 0.5) is 8.78 Å². The third-order valence-electron chi connectivity index (χ3n) is 5.55. The highest BCUT2D eigenvalue weighted by atomic mass is 19.1. The lowest BCUT2D eigenvalue weighted by atomic mass is 9.63. The predicted molar refractivity (Wildman–Crippen MR) is 78.8 cm³/mol. The fourth-order valence-corrected chi connectivity index (χ4v) is 4.52. The van der Waals surface area contributed by atoms with Crippen molar-refractivity contribution in [1.82, 2.24) is 0 Å². The molecule has 2 aliphatic rings. The van der Waals surface area contributed by atoms with Gasteiger partial charge in [-0.05, 0) is 30.7 Å². The highest BCUT2D eigenvalue weighted by molar-refractivity contribution is 5.27. The summed E-state index contributed by atoms with van der Waals surface area (Å²) in [5, 5.41) is 11.3. The van der Waals surface area contributed by atoms with Gasteiger partial charge in [0.05, 0.1) is 5.60 Å². The van der Waals surface area contributed by atoms with E-state index in [0.29, 0.717) is 17.9 Å². The van der Waals surface area contributed by atoms with Crippen molar-refractivity contribution in [3.63, 3.8) is 0 Å². The van der Waals surface area contributed by atoms with Gasteiger partial charge in [-0.25, -0.2) is 8.78 Å². The molecule has 1 aromatic carbocycles. The zero-order valence-corrected chi connectivity index (χ0v) is 12.5. The lowest BCUT2D eigenvalue weighted by Crippen LogP contribution is -2.43. The van der Waals surface area contributed by atoms with Gasteiger partial charge in [-0.1, -0.05) is 51.0 Å². The Morgan fingerprint density at radius 1 is 0.952 bits per heavy atom. The summed E-state index contributed by atoms with van der Waals surface area (Å²) in [5.74, 6) is -0.579. The average Bonchev–Trinajstić information content (AvgIpc) is 2.48. The Morgan fingerprint density at radius 2 is 1.67 bits per heavy atom. The van der Waals surface area contributed by atoms with E-state index in [-0.39, 0.29) is 5.92 Å². The molecule has 0 aliphatic heterocycles. The van der Waals surface area contributed by atoms with Crippen LogP contribution in [0.5, 0.6) is 0 Å². The number of hydrogen-bond acceptors (Lipinski definition) is 1. The van der Waals surface area contributed by atoms with Gasteiger partial charge < -0.3 is 5.11 Å². The first-order valence-corrected chi connectivity index (χ1v) is 8.29. The second-order valence-corrected chi connectivity index (χ2v) is 6.80. The molecule has 0 radical (unpaired) electrons. The number of rotatable bonds is 2. The molecule has 3 rings (SSSR count). The van der Waals surface area contributed by atoms with Crippen LogP contribution < -0.4 is 0 Å². The van der Waals surface area contributed by atoms with Gasteiger partial charge in [-0.15, -0.1) is 0 Å². The minimum Gasteiger partial charge on any atom is -0.385 e. The van der Waals surface area contributed by atoms with Gasteiger partial charge in [-0.3, -0.25) is 0 Å². The van der Waals surface area contributed by atoms with Crippen LogP contribution in [-0.2, 0) is 5.60 Å². The molecule has 0 heterocycles. The first kappa shape index (κ1) is 15.0. The topological polar surface area (TPSA) is 20.2 Å². The predicted octanol–water partition coefficient (Wildman–Crippen LogP) is 4.92. The van der Waals surface area contributed by atoms with Crippen LogP contribution in [0.1, 0.15) is 63.4 Å². The van der Waals surface area contributed by atoms with E-state index >= 15 is 0 Å². The quantitative estimate of drug-likeness (QED) is 0.820. The summed E-state index contributed by atoms with van der Waals surface area (Å²) >= 11 is 0. The van der Waals surface area contributed by atoms with Crippen molar-refractivity contribution in [2.75, 3.05) is 0 Å². The fourth-order valence-electron chi connectivity index (χ4n) is 4.52. The molecule has 2 saturated carbocycles. The molecule has 0 spiro atoms. The van der Waals surface area contributed by atoms with Crippen LogP contribution >= 0.6 is 0 Å². The largest absolute Gasteiger partial charge is 0.385 e. The Hall–Kier alpha value is -0.960. The van der Waals surface area contributed by atoms with E-state index in [4.69, 9.17) is 0 Å². The third kappa shape index (κ3) is 2.85. The molecule has 0 bridgehead atoms. The Labute approximate surface area is 125 Å². The zero-order valence-electron chi connectivity index (χ0n) is 12.5. The summed E-state index contributed by atoms with van der Waals surface area (Å²) in [6.45, 7) is 0. The van der Waals surface area contributed by atoms with Gasteiger partial charge in [0, 0.05) is 11.6 Å². The summed E-state index contributed by atoms with van der Waals surface area (Å²) < 4.78 is 27.4. The molecule has 0 aromatic heterocycles. The molecular formula is C18H24F2O. The van der Waals surface area contributed by atoms with E-state index in [9.17, 15) is 13.9 Å². The van der Waals surface area contributed by atoms with Gasteiger partial charge in [-0.2, -0.15) is 0 Å². The number of benzene rings is 1. The molecule has 2 atom stereocenters. The van der Waals surface area contributed by atoms with Crippen LogP contribution in [0.2, 0.25) is 0 Å². The normalized spacial score (nSPS) is 31.3. The lowest BCUT2D eigenvalue weighted by Gasteiger charge is -2.45. The number of halogens is 2. The van der Waals surface area contributed by atoms with E-state index in [2.05, 4.69) is 0 Å². The van der Waals surface area contributed by atoms with Crippen LogP contribution in [0.25, 0.3) is 0 Å². The van der Waals surface area contributed by atoms with Gasteiger partial charge in [0.15, 0.2) is 0 Å². The molecule has 21 heavy (non-hydrogen) atoms. The minimum absolute atomic E-state index is 0.117. The van der Waals surface area contributed by atoms with Crippen LogP contribution in [0.15, 0.2) is 18.2 Å². The third-order valence-corrected chi connectivity index (χ3v) is 5.55. The Morgan fingerprint density at radius 3 is 2.38 bits per heavy atom. The number of aliphatic hydroxyl groups is 1. The molecule has 0 amide bonds. The molecule has 1 aromatic rings. The molecule has 2 unspecified atom stereocenters. The standard InChI is InChI=1S/C18H24F2O/c19-14-9-10-16(17(20)12-14)18(21)11-5-4-8-15(18)13-6-2-1-3-7-13/h9-10,12-13,15,21H,1-8,11H2. The van der Waals surface area contributed by atoms with Crippen molar-refractivity contribution < 1.29 is 13.9 Å².